The van der Waals surface area contributed by atoms with E-state index in [4.69, 9.17) is 28.4 Å². The van der Waals surface area contributed by atoms with Crippen molar-refractivity contribution in [1.29, 1.82) is 0 Å². The zero-order chi connectivity index (χ0) is 57.7. The number of aliphatic hydroxyl groups excluding tert-OH is 1. The van der Waals surface area contributed by atoms with E-state index in [2.05, 4.69) is 0 Å². The summed E-state index contributed by atoms with van der Waals surface area (Å²) in [7, 11) is 4.46. The molecule has 4 aliphatic rings. The van der Waals surface area contributed by atoms with Crippen LogP contribution in [0.15, 0.2) is 47.6 Å². The first-order valence-electron chi connectivity index (χ1n) is 27.9. The molecule has 3 aliphatic heterocycles. The highest BCUT2D eigenvalue weighted by Crippen LogP contribution is 2.44. The highest BCUT2D eigenvalue weighted by Gasteiger charge is 2.53. The number of piperidine rings is 1. The number of cyclic esters (lactones) is 1. The molecule has 2 saturated heterocycles. The highest BCUT2D eigenvalue weighted by atomic mass is 16.6. The minimum absolute atomic E-state index is 0.00979. The molecule has 15 atom stereocenters. The van der Waals surface area contributed by atoms with Gasteiger partial charge in [0.25, 0.3) is 11.7 Å². The van der Waals surface area contributed by atoms with E-state index in [1.165, 1.54) is 19.1 Å². The molecular formula is C60H93NO16. The second-order valence-corrected chi connectivity index (χ2v) is 24.0. The third kappa shape index (κ3) is 16.8. The molecule has 1 aliphatic carbocycles. The van der Waals surface area contributed by atoms with Gasteiger partial charge in [-0.15, -0.1) is 0 Å². The number of methoxy groups -OCH3 is 3. The van der Waals surface area contributed by atoms with E-state index in [1.807, 2.05) is 51.2 Å². The van der Waals surface area contributed by atoms with Crippen LogP contribution in [0, 0.1) is 46.3 Å². The van der Waals surface area contributed by atoms with Crippen molar-refractivity contribution in [1.82, 2.24) is 4.90 Å². The molecule has 434 valence electrons. The number of Topliss-reactive ketones (excluding diaryl/α,β-unsaturated/α-hetero) is 3. The number of carbonyl (C=O) groups is 7. The van der Waals surface area contributed by atoms with Crippen molar-refractivity contribution in [3.8, 4) is 0 Å². The summed E-state index contributed by atoms with van der Waals surface area (Å²) >= 11 is 0. The average molecular weight is 1080 g/mol. The average Bonchev–Trinajstić information content (AvgIpc) is 3.38. The predicted octanol–water partition coefficient (Wildman–Crippen LogP) is 8.26. The summed E-state index contributed by atoms with van der Waals surface area (Å²) in [6, 6.07) is -1.20. The van der Waals surface area contributed by atoms with Gasteiger partial charge in [0, 0.05) is 58.5 Å². The van der Waals surface area contributed by atoms with Gasteiger partial charge in [-0.2, -0.15) is 0 Å². The molecule has 1 saturated carbocycles. The lowest BCUT2D eigenvalue weighted by Gasteiger charge is -2.43. The van der Waals surface area contributed by atoms with Crippen LogP contribution in [0.4, 0.5) is 0 Å². The van der Waals surface area contributed by atoms with Crippen molar-refractivity contribution in [3.63, 3.8) is 0 Å². The lowest BCUT2D eigenvalue weighted by Crippen LogP contribution is -2.61. The smallest absolute Gasteiger partial charge is 0.329 e. The van der Waals surface area contributed by atoms with Crippen LogP contribution in [0.2, 0.25) is 0 Å². The standard InChI is InChI=1S/C60H93NO16/c1-35-20-16-15-17-21-36(2)47(72-12)32-43-25-23-41(7)60(71,77-43)54(67)55(68)61-27-19-18-22-44(61)56(69)75-48(33-45(62)37(3)29-40(6)52(66)53(74-14)51(65)39(5)28-35)38(4)30-42-24-26-46(49(31-42)73-13)76-57(70)59(10,11)58(8,9)34-50(63)64/h15-17,20-21,29,35,37-39,41-44,46-49,52-53,66,71H,18-19,22-28,30-34H2,1-14H3,(H,63,64)/b17-15+,20-16+,36-21+,40-29+/t35-,37-,38-,39-,41-,42+,43+,44+,46-,47+,48+,49-,52-,53+,60-/m1/s1. The summed E-state index contributed by atoms with van der Waals surface area (Å²) in [4.78, 5) is 98.1. The van der Waals surface area contributed by atoms with Gasteiger partial charge in [0.15, 0.2) is 5.78 Å². The Morgan fingerprint density at radius 1 is 0.844 bits per heavy atom. The van der Waals surface area contributed by atoms with E-state index in [9.17, 15) is 48.9 Å². The van der Waals surface area contributed by atoms with Gasteiger partial charge in [-0.3, -0.25) is 28.8 Å². The van der Waals surface area contributed by atoms with E-state index in [0.717, 1.165) is 5.57 Å². The number of nitrogens with zero attached hydrogens (tertiary/aromatic N) is 1. The summed E-state index contributed by atoms with van der Waals surface area (Å²) in [5.41, 5.74) is -0.842. The Labute approximate surface area is 457 Å². The second-order valence-electron chi connectivity index (χ2n) is 24.0. The van der Waals surface area contributed by atoms with Gasteiger partial charge in [0.05, 0.1) is 30.1 Å². The van der Waals surface area contributed by atoms with Gasteiger partial charge in [-0.05, 0) is 126 Å². The maximum Gasteiger partial charge on any atom is 0.329 e. The first kappa shape index (κ1) is 65.1. The number of allylic oxidation sites excluding steroid dienone is 6. The number of rotatable bonds is 11. The SMILES string of the molecule is CO[C@H]1C[C@@H]2CC[C@@H](C)[C@@](O)(O2)C(=O)C(=O)N2CCCC[C@H]2C(=O)O[C@H]([C@H](C)C[C@@H]2CC[C@@H](OC(=O)C(C)(C)C(C)(C)CC(=O)O)[C@H](OC)C2)CC(=O)[C@H](C)/C=C(\C)[C@@H](O)[C@@H](OC)C(=O)[C@H](C)C[C@H](C)/C=C/C=C/C=C/1C. The van der Waals surface area contributed by atoms with Crippen molar-refractivity contribution >= 4 is 41.2 Å². The number of carboxylic acid groups (broad SMARTS) is 1. The van der Waals surface area contributed by atoms with Gasteiger partial charge in [0.1, 0.15) is 36.2 Å². The van der Waals surface area contributed by atoms with Crippen molar-refractivity contribution < 1.29 is 77.3 Å². The number of carbonyl (C=O) groups excluding carboxylic acids is 6. The molecule has 2 bridgehead atoms. The molecule has 0 spiro atoms. The summed E-state index contributed by atoms with van der Waals surface area (Å²) < 4.78 is 35.9. The molecule has 3 N–H and O–H groups in total. The Morgan fingerprint density at radius 2 is 1.53 bits per heavy atom. The maximum absolute atomic E-state index is 14.6. The molecule has 3 heterocycles. The lowest BCUT2D eigenvalue weighted by molar-refractivity contribution is -0.265. The molecule has 17 heteroatoms. The minimum Gasteiger partial charge on any atom is -0.481 e. The van der Waals surface area contributed by atoms with E-state index in [0.29, 0.717) is 63.4 Å². The summed E-state index contributed by atoms with van der Waals surface area (Å²) in [6.45, 7) is 19.4. The number of aliphatic hydroxyl groups is 2. The number of ether oxygens (including phenoxy) is 6. The number of ketones is 3. The van der Waals surface area contributed by atoms with E-state index in [-0.39, 0.29) is 55.6 Å². The Kier molecular flexibility index (Phi) is 24.2. The topological polar surface area (TPSA) is 239 Å². The first-order chi connectivity index (χ1) is 36.0. The Morgan fingerprint density at radius 3 is 2.17 bits per heavy atom. The highest BCUT2D eigenvalue weighted by molar-refractivity contribution is 6.39. The molecule has 4 rings (SSSR count). The molecular weight excluding hydrogens is 991 g/mol. The van der Waals surface area contributed by atoms with Crippen LogP contribution in [0.1, 0.15) is 160 Å². The van der Waals surface area contributed by atoms with Crippen LogP contribution in [-0.4, -0.2) is 144 Å². The molecule has 1 amide bonds. The fourth-order valence-electron chi connectivity index (χ4n) is 11.4. The molecule has 0 aromatic rings. The molecule has 0 unspecified atom stereocenters. The van der Waals surface area contributed by atoms with E-state index < -0.39 is 119 Å². The van der Waals surface area contributed by atoms with Crippen LogP contribution < -0.4 is 0 Å². The van der Waals surface area contributed by atoms with Gasteiger partial charge >= 0.3 is 17.9 Å². The number of fused-ring (bicyclic) bond motifs is 3. The van der Waals surface area contributed by atoms with Crippen LogP contribution in [-0.2, 0) is 62.0 Å². The zero-order valence-electron chi connectivity index (χ0n) is 48.5. The molecule has 17 nitrogen and oxygen atoms in total. The first-order valence-corrected chi connectivity index (χ1v) is 27.9. The van der Waals surface area contributed by atoms with Crippen LogP contribution in [0.3, 0.4) is 0 Å². The van der Waals surface area contributed by atoms with Crippen LogP contribution in [0.25, 0.3) is 0 Å². The van der Waals surface area contributed by atoms with Gasteiger partial charge in [-0.1, -0.05) is 84.9 Å². The molecule has 0 aromatic carbocycles. The van der Waals surface area contributed by atoms with Gasteiger partial charge < -0.3 is 48.6 Å². The maximum atomic E-state index is 14.6. The monoisotopic (exact) mass is 1080 g/mol. The Bertz CT molecular complexity index is 2190. The third-order valence-electron chi connectivity index (χ3n) is 17.5. The van der Waals surface area contributed by atoms with Crippen molar-refractivity contribution in [2.24, 2.45) is 46.3 Å². The number of hydrogen-bond acceptors (Lipinski definition) is 15. The van der Waals surface area contributed by atoms with Crippen LogP contribution >= 0.6 is 0 Å². The van der Waals surface area contributed by atoms with Crippen molar-refractivity contribution in [2.45, 2.75) is 214 Å². The number of aliphatic carboxylic acids is 1. The Hall–Kier alpha value is -4.39. The number of carboxylic acids is 1. The van der Waals surface area contributed by atoms with Gasteiger partial charge in [0.2, 0.25) is 5.79 Å². The lowest BCUT2D eigenvalue weighted by atomic mass is 9.66. The summed E-state index contributed by atoms with van der Waals surface area (Å²) in [6.07, 6.45) is 9.65. The number of amides is 1. The minimum atomic E-state index is -2.47. The number of esters is 2. The molecule has 0 aromatic heterocycles. The normalized spacial score (nSPS) is 36.3. The van der Waals surface area contributed by atoms with E-state index in [1.54, 1.807) is 68.6 Å². The summed E-state index contributed by atoms with van der Waals surface area (Å²) in [5.74, 6) is -10.2. The molecule has 0 radical (unpaired) electrons. The fraction of sp³-hybridized carbons (Fsp3) is 0.750. The van der Waals surface area contributed by atoms with E-state index >= 15 is 0 Å². The number of hydrogen-bond donors (Lipinski definition) is 3. The fourth-order valence-corrected chi connectivity index (χ4v) is 11.4. The molecule has 3 fully saturated rings. The summed E-state index contributed by atoms with van der Waals surface area (Å²) in [5, 5.41) is 33.1. The van der Waals surface area contributed by atoms with Crippen LogP contribution in [0.5, 0.6) is 0 Å². The Balaban J connectivity index is 1.69. The second kappa shape index (κ2) is 28.7. The quantitative estimate of drug-likeness (QED) is 0.100. The van der Waals surface area contributed by atoms with Gasteiger partial charge in [-0.25, -0.2) is 4.79 Å². The zero-order valence-corrected chi connectivity index (χ0v) is 48.5. The van der Waals surface area contributed by atoms with Crippen molar-refractivity contribution in [2.75, 3.05) is 27.9 Å². The van der Waals surface area contributed by atoms with Crippen molar-refractivity contribution in [3.05, 3.63) is 47.6 Å². The third-order valence-corrected chi connectivity index (χ3v) is 17.5. The molecule has 77 heavy (non-hydrogen) atoms. The largest absolute Gasteiger partial charge is 0.481 e. The predicted molar refractivity (Wildman–Crippen MR) is 289 cm³/mol.